The minimum absolute atomic E-state index is 0.703. The van der Waals surface area contributed by atoms with Crippen molar-refractivity contribution in [3.63, 3.8) is 0 Å². The molecule has 0 spiro atoms. The van der Waals surface area contributed by atoms with Crippen molar-refractivity contribution in [2.24, 2.45) is 7.05 Å². The van der Waals surface area contributed by atoms with E-state index >= 15 is 0 Å². The summed E-state index contributed by atoms with van der Waals surface area (Å²) in [6.07, 6.45) is 2.03. The van der Waals surface area contributed by atoms with Gasteiger partial charge < -0.3 is 4.42 Å². The highest BCUT2D eigenvalue weighted by atomic mass is 16.3. The van der Waals surface area contributed by atoms with Gasteiger partial charge in [-0.3, -0.25) is 0 Å². The minimum atomic E-state index is 0.703. The molecule has 3 nitrogen and oxygen atoms in total. The molecule has 0 amide bonds. The van der Waals surface area contributed by atoms with E-state index in [1.165, 1.54) is 22.3 Å². The molecule has 3 heteroatoms. The van der Waals surface area contributed by atoms with E-state index in [1.54, 1.807) is 0 Å². The molecule has 3 aromatic rings. The van der Waals surface area contributed by atoms with Gasteiger partial charge in [-0.15, -0.1) is 0 Å². The third-order valence-electron chi connectivity index (χ3n) is 3.84. The van der Waals surface area contributed by atoms with E-state index in [2.05, 4.69) is 55.6 Å². The predicted molar refractivity (Wildman–Crippen MR) is 79.6 cm³/mol. The molecule has 2 heterocycles. The minimum Gasteiger partial charge on any atom is -0.440 e. The molecule has 102 valence electrons. The van der Waals surface area contributed by atoms with E-state index in [1.807, 2.05) is 13.1 Å². The van der Waals surface area contributed by atoms with Crippen molar-refractivity contribution >= 4 is 11.1 Å². The molecule has 2 aromatic heterocycles. The predicted octanol–water partition coefficient (Wildman–Crippen LogP) is 3.55. The first kappa shape index (κ1) is 12.9. The number of hydrogen-bond acceptors (Lipinski definition) is 2. The maximum atomic E-state index is 5.66. The van der Waals surface area contributed by atoms with E-state index < -0.39 is 0 Å². The van der Waals surface area contributed by atoms with Gasteiger partial charge in [-0.05, 0) is 38.0 Å². The Balaban J connectivity index is 2.31. The van der Waals surface area contributed by atoms with Gasteiger partial charge >= 0.3 is 0 Å². The standard InChI is InChI=1S/C17H19N2O/c1-10-6-11(2)12(3)14(7-10)16-8-17-15(9-19(16)5)18-13(4)20-17/h6-9H,1-5H3/q+1. The summed E-state index contributed by atoms with van der Waals surface area (Å²) in [6.45, 7) is 8.33. The summed E-state index contributed by atoms with van der Waals surface area (Å²) in [5.74, 6) is 0.703. The first-order valence-corrected chi connectivity index (χ1v) is 6.81. The zero-order valence-corrected chi connectivity index (χ0v) is 12.6. The SMILES string of the molecule is Cc1cc(C)c(C)c(-c2cc3oc(C)nc3c[n+]2C)c1. The maximum absolute atomic E-state index is 5.66. The Kier molecular flexibility index (Phi) is 2.85. The molecule has 3 rings (SSSR count). The fourth-order valence-corrected chi connectivity index (χ4v) is 2.71. The number of pyridine rings is 1. The Morgan fingerprint density at radius 2 is 1.80 bits per heavy atom. The van der Waals surface area contributed by atoms with E-state index in [9.17, 15) is 0 Å². The highest BCUT2D eigenvalue weighted by Gasteiger charge is 2.18. The van der Waals surface area contributed by atoms with E-state index in [4.69, 9.17) is 4.42 Å². The van der Waals surface area contributed by atoms with Crippen LogP contribution < -0.4 is 4.57 Å². The molecule has 20 heavy (non-hydrogen) atoms. The van der Waals surface area contributed by atoms with Gasteiger partial charge in [0.1, 0.15) is 7.05 Å². The lowest BCUT2D eigenvalue weighted by Crippen LogP contribution is -2.30. The number of aromatic nitrogens is 2. The van der Waals surface area contributed by atoms with Gasteiger partial charge in [-0.2, -0.15) is 4.57 Å². The molecular weight excluding hydrogens is 248 g/mol. The summed E-state index contributed by atoms with van der Waals surface area (Å²) < 4.78 is 7.78. The van der Waals surface area contributed by atoms with Crippen molar-refractivity contribution in [3.8, 4) is 11.3 Å². The summed E-state index contributed by atoms with van der Waals surface area (Å²) in [5, 5.41) is 0. The smallest absolute Gasteiger partial charge is 0.216 e. The first-order valence-electron chi connectivity index (χ1n) is 6.81. The second kappa shape index (κ2) is 4.44. The van der Waals surface area contributed by atoms with Crippen LogP contribution in [0.3, 0.4) is 0 Å². The maximum Gasteiger partial charge on any atom is 0.216 e. The second-order valence-corrected chi connectivity index (χ2v) is 5.51. The van der Waals surface area contributed by atoms with Gasteiger partial charge in [-0.1, -0.05) is 11.6 Å². The van der Waals surface area contributed by atoms with Crippen molar-refractivity contribution in [2.75, 3.05) is 0 Å². The molecule has 0 aliphatic carbocycles. The average molecular weight is 267 g/mol. The number of benzene rings is 1. The number of aryl methyl sites for hydroxylation is 4. The van der Waals surface area contributed by atoms with Gasteiger partial charge in [-0.25, -0.2) is 4.98 Å². The van der Waals surface area contributed by atoms with Crippen LogP contribution in [0.4, 0.5) is 0 Å². The van der Waals surface area contributed by atoms with E-state index in [0.29, 0.717) is 5.89 Å². The van der Waals surface area contributed by atoms with E-state index in [0.717, 1.165) is 16.8 Å². The monoisotopic (exact) mass is 267 g/mol. The van der Waals surface area contributed by atoms with Crippen LogP contribution in [0.15, 0.2) is 28.8 Å². The Morgan fingerprint density at radius 1 is 1.05 bits per heavy atom. The number of nitrogens with zero attached hydrogens (tertiary/aromatic N) is 2. The molecule has 0 aliphatic heterocycles. The number of hydrogen-bond donors (Lipinski definition) is 0. The summed E-state index contributed by atoms with van der Waals surface area (Å²) >= 11 is 0. The Bertz CT molecular complexity index is 815. The van der Waals surface area contributed by atoms with Crippen LogP contribution in [0.1, 0.15) is 22.6 Å². The second-order valence-electron chi connectivity index (χ2n) is 5.51. The summed E-state index contributed by atoms with van der Waals surface area (Å²) in [5.41, 5.74) is 8.04. The lowest BCUT2D eigenvalue weighted by atomic mass is 9.97. The molecular formula is C17H19N2O+. The normalized spacial score (nSPS) is 11.2. The first-order chi connectivity index (χ1) is 9.45. The van der Waals surface area contributed by atoms with Gasteiger partial charge in [0.15, 0.2) is 23.2 Å². The van der Waals surface area contributed by atoms with Crippen molar-refractivity contribution in [3.05, 3.63) is 47.0 Å². The molecule has 1 aromatic carbocycles. The van der Waals surface area contributed by atoms with Gasteiger partial charge in [0, 0.05) is 12.5 Å². The van der Waals surface area contributed by atoms with Crippen molar-refractivity contribution in [2.45, 2.75) is 27.7 Å². The van der Waals surface area contributed by atoms with Gasteiger partial charge in [0.25, 0.3) is 0 Å². The molecule has 0 saturated heterocycles. The van der Waals surface area contributed by atoms with Crippen LogP contribution in [0, 0.1) is 27.7 Å². The molecule has 0 unspecified atom stereocenters. The largest absolute Gasteiger partial charge is 0.440 e. The Hall–Kier alpha value is -2.16. The summed E-state index contributed by atoms with van der Waals surface area (Å²) in [7, 11) is 2.05. The Morgan fingerprint density at radius 3 is 2.55 bits per heavy atom. The third kappa shape index (κ3) is 1.99. The molecule has 0 bridgehead atoms. The molecule has 0 aliphatic rings. The highest BCUT2D eigenvalue weighted by molar-refractivity contribution is 5.76. The fraction of sp³-hybridized carbons (Fsp3) is 0.294. The van der Waals surface area contributed by atoms with Crippen LogP contribution in [0.5, 0.6) is 0 Å². The number of oxazole rings is 1. The fourth-order valence-electron chi connectivity index (χ4n) is 2.71. The topological polar surface area (TPSA) is 29.9 Å². The number of fused-ring (bicyclic) bond motifs is 1. The quantitative estimate of drug-likeness (QED) is 0.631. The summed E-state index contributed by atoms with van der Waals surface area (Å²) in [6, 6.07) is 6.53. The van der Waals surface area contributed by atoms with Crippen molar-refractivity contribution in [1.29, 1.82) is 0 Å². The van der Waals surface area contributed by atoms with Crippen LogP contribution >= 0.6 is 0 Å². The van der Waals surface area contributed by atoms with Crippen LogP contribution in [0.2, 0.25) is 0 Å². The zero-order valence-electron chi connectivity index (χ0n) is 12.6. The highest BCUT2D eigenvalue weighted by Crippen LogP contribution is 2.27. The molecule has 0 atom stereocenters. The Labute approximate surface area is 118 Å². The average Bonchev–Trinajstić information content (AvgIpc) is 2.72. The van der Waals surface area contributed by atoms with Crippen molar-refractivity contribution < 1.29 is 8.98 Å². The molecule has 0 saturated carbocycles. The van der Waals surface area contributed by atoms with E-state index in [-0.39, 0.29) is 0 Å². The summed E-state index contributed by atoms with van der Waals surface area (Å²) in [4.78, 5) is 4.38. The number of rotatable bonds is 1. The van der Waals surface area contributed by atoms with Gasteiger partial charge in [0.05, 0.1) is 6.07 Å². The zero-order chi connectivity index (χ0) is 14.4. The van der Waals surface area contributed by atoms with Crippen LogP contribution in [0.25, 0.3) is 22.4 Å². The van der Waals surface area contributed by atoms with Crippen LogP contribution in [-0.2, 0) is 7.05 Å². The lowest BCUT2D eigenvalue weighted by Gasteiger charge is -2.08. The lowest BCUT2D eigenvalue weighted by molar-refractivity contribution is -0.659. The van der Waals surface area contributed by atoms with Crippen LogP contribution in [-0.4, -0.2) is 4.98 Å². The molecule has 0 fully saturated rings. The molecule has 0 radical (unpaired) electrons. The van der Waals surface area contributed by atoms with Crippen molar-refractivity contribution in [1.82, 2.24) is 4.98 Å². The third-order valence-corrected chi connectivity index (χ3v) is 3.84. The van der Waals surface area contributed by atoms with Gasteiger partial charge in [0.2, 0.25) is 5.69 Å². The molecule has 0 N–H and O–H groups in total.